The van der Waals surface area contributed by atoms with Crippen molar-refractivity contribution in [3.05, 3.63) is 76.7 Å². The van der Waals surface area contributed by atoms with Gasteiger partial charge < -0.3 is 9.32 Å². The summed E-state index contributed by atoms with van der Waals surface area (Å²) in [5.74, 6) is 1.37. The summed E-state index contributed by atoms with van der Waals surface area (Å²) in [6.45, 7) is 0.607. The molecule has 0 radical (unpaired) electrons. The number of oxazole rings is 1. The molecule has 0 aliphatic carbocycles. The van der Waals surface area contributed by atoms with Gasteiger partial charge in [-0.15, -0.1) is 0 Å². The average molecular weight is 399 g/mol. The van der Waals surface area contributed by atoms with Gasteiger partial charge in [-0.1, -0.05) is 58.4 Å². The lowest BCUT2D eigenvalue weighted by atomic mass is 10.2. The minimum atomic E-state index is 0.0762. The maximum absolute atomic E-state index is 12.3. The van der Waals surface area contributed by atoms with Gasteiger partial charge in [-0.25, -0.2) is 4.98 Å². The zero-order valence-electron chi connectivity index (χ0n) is 14.0. The van der Waals surface area contributed by atoms with E-state index >= 15 is 0 Å². The van der Waals surface area contributed by atoms with Gasteiger partial charge in [0.2, 0.25) is 5.91 Å². The second-order valence-corrected chi connectivity index (χ2v) is 6.78. The molecule has 0 atom stereocenters. The van der Waals surface area contributed by atoms with Gasteiger partial charge in [-0.3, -0.25) is 4.79 Å². The van der Waals surface area contributed by atoms with Crippen molar-refractivity contribution in [1.82, 2.24) is 9.88 Å². The molecule has 0 fully saturated rings. The van der Waals surface area contributed by atoms with Gasteiger partial charge in [-0.2, -0.15) is 0 Å². The van der Waals surface area contributed by atoms with Crippen molar-refractivity contribution in [1.29, 1.82) is 0 Å². The molecule has 0 aliphatic heterocycles. The Labute approximate surface area is 155 Å². The standard InChI is InChI=1S/C20H19BrN2O2/c1-23(14-15-5-3-2-4-6-15)20(24)12-11-19-22-13-18(25-19)16-7-9-17(21)10-8-16/h2-10,13H,11-12,14H2,1H3. The molecule has 3 aromatic rings. The summed E-state index contributed by atoms with van der Waals surface area (Å²) in [5.41, 5.74) is 2.08. The number of hydrogen-bond acceptors (Lipinski definition) is 3. The van der Waals surface area contributed by atoms with Crippen molar-refractivity contribution in [2.45, 2.75) is 19.4 Å². The molecular weight excluding hydrogens is 380 g/mol. The van der Waals surface area contributed by atoms with Gasteiger partial charge in [0, 0.05) is 36.5 Å². The Morgan fingerprint density at radius 3 is 2.56 bits per heavy atom. The topological polar surface area (TPSA) is 46.3 Å². The molecule has 0 aliphatic rings. The summed E-state index contributed by atoms with van der Waals surface area (Å²) >= 11 is 3.41. The number of aryl methyl sites for hydroxylation is 1. The zero-order chi connectivity index (χ0) is 17.6. The minimum absolute atomic E-state index is 0.0762. The lowest BCUT2D eigenvalue weighted by molar-refractivity contribution is -0.130. The Balaban J connectivity index is 1.54. The van der Waals surface area contributed by atoms with E-state index in [1.54, 1.807) is 11.1 Å². The predicted octanol–water partition coefficient (Wildman–Crippen LogP) is 4.70. The fourth-order valence-electron chi connectivity index (χ4n) is 2.52. The molecule has 5 heteroatoms. The molecule has 0 spiro atoms. The lowest BCUT2D eigenvalue weighted by Gasteiger charge is -2.16. The predicted molar refractivity (Wildman–Crippen MR) is 101 cm³/mol. The maximum Gasteiger partial charge on any atom is 0.223 e. The highest BCUT2D eigenvalue weighted by Gasteiger charge is 2.12. The van der Waals surface area contributed by atoms with Crippen LogP contribution in [0.15, 0.2) is 69.7 Å². The largest absolute Gasteiger partial charge is 0.441 e. The Kier molecular flexibility index (Phi) is 5.66. The number of amides is 1. The van der Waals surface area contributed by atoms with Gasteiger partial charge >= 0.3 is 0 Å². The summed E-state index contributed by atoms with van der Waals surface area (Å²) in [6.07, 6.45) is 2.58. The zero-order valence-corrected chi connectivity index (χ0v) is 15.6. The summed E-state index contributed by atoms with van der Waals surface area (Å²) in [4.78, 5) is 18.3. The van der Waals surface area contributed by atoms with Gasteiger partial charge in [0.1, 0.15) is 0 Å². The highest BCUT2D eigenvalue weighted by atomic mass is 79.9. The monoisotopic (exact) mass is 398 g/mol. The van der Waals surface area contributed by atoms with E-state index in [2.05, 4.69) is 20.9 Å². The fourth-order valence-corrected chi connectivity index (χ4v) is 2.79. The van der Waals surface area contributed by atoms with Crippen LogP contribution in [-0.2, 0) is 17.8 Å². The van der Waals surface area contributed by atoms with Gasteiger partial charge in [-0.05, 0) is 17.7 Å². The molecule has 0 saturated heterocycles. The molecule has 1 aromatic heterocycles. The van der Waals surface area contributed by atoms with Crippen molar-refractivity contribution in [3.8, 4) is 11.3 Å². The highest BCUT2D eigenvalue weighted by Crippen LogP contribution is 2.23. The SMILES string of the molecule is CN(Cc1ccccc1)C(=O)CCc1ncc(-c2ccc(Br)cc2)o1. The van der Waals surface area contributed by atoms with E-state index in [0.717, 1.165) is 15.6 Å². The van der Waals surface area contributed by atoms with Gasteiger partial charge in [0.15, 0.2) is 11.7 Å². The number of carbonyl (C=O) groups is 1. The quantitative estimate of drug-likeness (QED) is 0.604. The molecule has 128 valence electrons. The normalized spacial score (nSPS) is 10.6. The van der Waals surface area contributed by atoms with Crippen LogP contribution in [0, 0.1) is 0 Å². The number of hydrogen-bond donors (Lipinski definition) is 0. The fraction of sp³-hybridized carbons (Fsp3) is 0.200. The first kappa shape index (κ1) is 17.4. The molecule has 1 amide bonds. The first-order chi connectivity index (χ1) is 12.1. The van der Waals surface area contributed by atoms with Crippen molar-refractivity contribution < 1.29 is 9.21 Å². The van der Waals surface area contributed by atoms with Crippen LogP contribution in [0.4, 0.5) is 0 Å². The Morgan fingerprint density at radius 1 is 1.12 bits per heavy atom. The van der Waals surface area contributed by atoms with Crippen molar-refractivity contribution in [2.24, 2.45) is 0 Å². The molecule has 0 unspecified atom stereocenters. The van der Waals surface area contributed by atoms with E-state index in [-0.39, 0.29) is 5.91 Å². The van der Waals surface area contributed by atoms with E-state index in [4.69, 9.17) is 4.42 Å². The Hall–Kier alpha value is -2.40. The van der Waals surface area contributed by atoms with Crippen molar-refractivity contribution in [2.75, 3.05) is 7.05 Å². The molecule has 3 rings (SSSR count). The first-order valence-corrected chi connectivity index (χ1v) is 8.89. The third kappa shape index (κ3) is 4.79. The number of halogens is 1. The summed E-state index contributed by atoms with van der Waals surface area (Å²) in [6, 6.07) is 17.8. The molecule has 2 aromatic carbocycles. The third-order valence-electron chi connectivity index (χ3n) is 3.92. The Morgan fingerprint density at radius 2 is 1.84 bits per heavy atom. The van der Waals surface area contributed by atoms with Crippen LogP contribution in [0.2, 0.25) is 0 Å². The second kappa shape index (κ2) is 8.12. The molecule has 0 bridgehead atoms. The summed E-state index contributed by atoms with van der Waals surface area (Å²) < 4.78 is 6.78. The van der Waals surface area contributed by atoms with E-state index in [9.17, 15) is 4.79 Å². The number of carbonyl (C=O) groups excluding carboxylic acids is 1. The lowest BCUT2D eigenvalue weighted by Crippen LogP contribution is -2.26. The average Bonchev–Trinajstić information content (AvgIpc) is 3.10. The number of rotatable bonds is 6. The molecule has 1 heterocycles. The van der Waals surface area contributed by atoms with Crippen LogP contribution in [0.25, 0.3) is 11.3 Å². The molecule has 0 N–H and O–H groups in total. The van der Waals surface area contributed by atoms with Crippen LogP contribution >= 0.6 is 15.9 Å². The van der Waals surface area contributed by atoms with Gasteiger partial charge in [0.25, 0.3) is 0 Å². The summed E-state index contributed by atoms with van der Waals surface area (Å²) in [7, 11) is 1.82. The van der Waals surface area contributed by atoms with Crippen LogP contribution < -0.4 is 0 Å². The highest BCUT2D eigenvalue weighted by molar-refractivity contribution is 9.10. The van der Waals surface area contributed by atoms with Crippen LogP contribution in [0.1, 0.15) is 17.9 Å². The Bertz CT molecular complexity index is 828. The number of benzene rings is 2. The third-order valence-corrected chi connectivity index (χ3v) is 4.45. The van der Waals surface area contributed by atoms with E-state index < -0.39 is 0 Å². The van der Waals surface area contributed by atoms with Crippen molar-refractivity contribution >= 4 is 21.8 Å². The first-order valence-electron chi connectivity index (χ1n) is 8.10. The van der Waals surface area contributed by atoms with Crippen molar-refractivity contribution in [3.63, 3.8) is 0 Å². The van der Waals surface area contributed by atoms with Gasteiger partial charge in [0.05, 0.1) is 6.20 Å². The molecule has 4 nitrogen and oxygen atoms in total. The molecule has 0 saturated carbocycles. The minimum Gasteiger partial charge on any atom is -0.441 e. The van der Waals surface area contributed by atoms with E-state index in [1.807, 2.05) is 61.6 Å². The van der Waals surface area contributed by atoms with E-state index in [0.29, 0.717) is 31.0 Å². The maximum atomic E-state index is 12.3. The number of aromatic nitrogens is 1. The summed E-state index contributed by atoms with van der Waals surface area (Å²) in [5, 5.41) is 0. The molecular formula is C20H19BrN2O2. The van der Waals surface area contributed by atoms with Crippen LogP contribution in [0.5, 0.6) is 0 Å². The molecule has 25 heavy (non-hydrogen) atoms. The second-order valence-electron chi connectivity index (χ2n) is 5.86. The van der Waals surface area contributed by atoms with E-state index in [1.165, 1.54) is 0 Å². The van der Waals surface area contributed by atoms with Crippen LogP contribution in [-0.4, -0.2) is 22.8 Å². The number of nitrogens with zero attached hydrogens (tertiary/aromatic N) is 2. The smallest absolute Gasteiger partial charge is 0.223 e. The van der Waals surface area contributed by atoms with Crippen LogP contribution in [0.3, 0.4) is 0 Å².